The van der Waals surface area contributed by atoms with Gasteiger partial charge in [0.15, 0.2) is 0 Å². The van der Waals surface area contributed by atoms with Gasteiger partial charge < -0.3 is 10.4 Å². The molecule has 1 aromatic carbocycles. The smallest absolute Gasteiger partial charge is 0.307 e. The van der Waals surface area contributed by atoms with E-state index in [1.54, 1.807) is 13.8 Å². The molecule has 8 heteroatoms. The summed E-state index contributed by atoms with van der Waals surface area (Å²) in [5.41, 5.74) is -0.199. The number of rotatable bonds is 4. The SMILES string of the molecule is CC1(C)[C@@H](C(=O)O)[C@@H]1C(=O)Nc1ccc(S(N)(=O)=O)cc1. The number of nitrogens with one attached hydrogen (secondary N) is 1. The molecule has 2 rings (SSSR count). The summed E-state index contributed by atoms with van der Waals surface area (Å²) >= 11 is 0. The highest BCUT2D eigenvalue weighted by Crippen LogP contribution is 2.58. The van der Waals surface area contributed by atoms with E-state index in [1.807, 2.05) is 0 Å². The van der Waals surface area contributed by atoms with Crippen LogP contribution in [0.4, 0.5) is 5.69 Å². The Morgan fingerprint density at radius 1 is 1.19 bits per heavy atom. The van der Waals surface area contributed by atoms with Gasteiger partial charge in [-0.25, -0.2) is 13.6 Å². The lowest BCUT2D eigenvalue weighted by molar-refractivity contribution is -0.140. The first-order chi connectivity index (χ1) is 9.55. The molecule has 1 aliphatic rings. The summed E-state index contributed by atoms with van der Waals surface area (Å²) in [5, 5.41) is 16.6. The minimum Gasteiger partial charge on any atom is -0.481 e. The second-order valence-electron chi connectivity index (χ2n) is 5.67. The van der Waals surface area contributed by atoms with Crippen molar-refractivity contribution < 1.29 is 23.1 Å². The van der Waals surface area contributed by atoms with Crippen molar-refractivity contribution in [3.8, 4) is 0 Å². The molecule has 0 radical (unpaired) electrons. The Kier molecular flexibility index (Phi) is 3.54. The van der Waals surface area contributed by atoms with Gasteiger partial charge in [0.1, 0.15) is 0 Å². The van der Waals surface area contributed by atoms with Crippen LogP contribution in [0.2, 0.25) is 0 Å². The van der Waals surface area contributed by atoms with Gasteiger partial charge in [-0.3, -0.25) is 9.59 Å². The number of nitrogens with two attached hydrogens (primary N) is 1. The number of sulfonamides is 1. The summed E-state index contributed by atoms with van der Waals surface area (Å²) in [6, 6.07) is 5.36. The average Bonchev–Trinajstić information content (AvgIpc) is 2.92. The molecule has 7 nitrogen and oxygen atoms in total. The molecule has 1 saturated carbocycles. The standard InChI is InChI=1S/C13H16N2O5S/c1-13(2)9(10(13)12(17)18)11(16)15-7-3-5-8(6-4-7)21(14,19)20/h3-6,9-10H,1-2H3,(H,15,16)(H,17,18)(H2,14,19,20)/t9-,10-/m1/s1. The predicted octanol–water partition coefficient (Wildman–Crippen LogP) is 0.629. The summed E-state index contributed by atoms with van der Waals surface area (Å²) < 4.78 is 22.2. The number of primary sulfonamides is 1. The van der Waals surface area contributed by atoms with E-state index in [9.17, 15) is 18.0 Å². The summed E-state index contributed by atoms with van der Waals surface area (Å²) in [6.45, 7) is 3.44. The van der Waals surface area contributed by atoms with Gasteiger partial charge in [0, 0.05) is 5.69 Å². The molecule has 1 fully saturated rings. The number of carboxylic acid groups (broad SMARTS) is 1. The number of carbonyl (C=O) groups is 2. The maximum atomic E-state index is 12.1. The molecule has 0 bridgehead atoms. The Labute approximate surface area is 122 Å². The van der Waals surface area contributed by atoms with Crippen molar-refractivity contribution in [3.05, 3.63) is 24.3 Å². The number of hydrogen-bond donors (Lipinski definition) is 3. The van der Waals surface area contributed by atoms with E-state index in [1.165, 1.54) is 24.3 Å². The number of amides is 1. The van der Waals surface area contributed by atoms with Crippen molar-refractivity contribution in [1.82, 2.24) is 0 Å². The minimum atomic E-state index is -3.78. The van der Waals surface area contributed by atoms with E-state index in [-0.39, 0.29) is 4.90 Å². The molecule has 1 aliphatic carbocycles. The molecular formula is C13H16N2O5S. The lowest BCUT2D eigenvalue weighted by atomic mass is 10.1. The van der Waals surface area contributed by atoms with Gasteiger partial charge in [0.05, 0.1) is 16.7 Å². The van der Waals surface area contributed by atoms with Crippen molar-refractivity contribution in [2.45, 2.75) is 18.7 Å². The number of anilines is 1. The maximum absolute atomic E-state index is 12.1. The zero-order valence-electron chi connectivity index (χ0n) is 11.5. The molecule has 0 spiro atoms. The molecular weight excluding hydrogens is 296 g/mol. The van der Waals surface area contributed by atoms with Gasteiger partial charge in [-0.2, -0.15) is 0 Å². The van der Waals surface area contributed by atoms with Crippen LogP contribution in [0.5, 0.6) is 0 Å². The summed E-state index contributed by atoms with van der Waals surface area (Å²) in [6.07, 6.45) is 0. The topological polar surface area (TPSA) is 127 Å². The van der Waals surface area contributed by atoms with Crippen molar-refractivity contribution in [2.75, 3.05) is 5.32 Å². The van der Waals surface area contributed by atoms with Crippen molar-refractivity contribution in [2.24, 2.45) is 22.4 Å². The van der Waals surface area contributed by atoms with Crippen LogP contribution in [0.15, 0.2) is 29.2 Å². The van der Waals surface area contributed by atoms with Gasteiger partial charge in [0.2, 0.25) is 15.9 Å². The molecule has 0 saturated heterocycles. The van der Waals surface area contributed by atoms with E-state index in [4.69, 9.17) is 10.2 Å². The number of carboxylic acids is 1. The van der Waals surface area contributed by atoms with Crippen LogP contribution in [0, 0.1) is 17.3 Å². The van der Waals surface area contributed by atoms with Gasteiger partial charge in [-0.05, 0) is 29.7 Å². The zero-order chi connectivity index (χ0) is 16.0. The number of carbonyl (C=O) groups excluding carboxylic acids is 1. The van der Waals surface area contributed by atoms with Gasteiger partial charge >= 0.3 is 5.97 Å². The normalized spacial score (nSPS) is 23.4. The molecule has 1 aromatic rings. The van der Waals surface area contributed by atoms with Crippen LogP contribution >= 0.6 is 0 Å². The van der Waals surface area contributed by atoms with Crippen molar-refractivity contribution in [3.63, 3.8) is 0 Å². The first-order valence-corrected chi connectivity index (χ1v) is 7.76. The molecule has 4 N–H and O–H groups in total. The first-order valence-electron chi connectivity index (χ1n) is 6.21. The van der Waals surface area contributed by atoms with Gasteiger partial charge in [0.25, 0.3) is 0 Å². The Morgan fingerprint density at radius 3 is 2.10 bits per heavy atom. The third-order valence-electron chi connectivity index (χ3n) is 3.83. The monoisotopic (exact) mass is 312 g/mol. The van der Waals surface area contributed by atoms with E-state index >= 15 is 0 Å². The van der Waals surface area contributed by atoms with Crippen LogP contribution in [0.25, 0.3) is 0 Å². The molecule has 1 amide bonds. The number of aliphatic carboxylic acids is 1. The van der Waals surface area contributed by atoms with Crippen LogP contribution in [0.1, 0.15) is 13.8 Å². The van der Waals surface area contributed by atoms with Crippen LogP contribution in [0.3, 0.4) is 0 Å². The Hall–Kier alpha value is -1.93. The Bertz CT molecular complexity index is 694. The Morgan fingerprint density at radius 2 is 1.71 bits per heavy atom. The highest BCUT2D eigenvalue weighted by atomic mass is 32.2. The fourth-order valence-corrected chi connectivity index (χ4v) is 3.05. The fraction of sp³-hybridized carbons (Fsp3) is 0.385. The third kappa shape index (κ3) is 2.91. The lowest BCUT2D eigenvalue weighted by Crippen LogP contribution is -2.18. The Balaban J connectivity index is 2.10. The van der Waals surface area contributed by atoms with E-state index in [2.05, 4.69) is 5.32 Å². The molecule has 21 heavy (non-hydrogen) atoms. The highest BCUT2D eigenvalue weighted by molar-refractivity contribution is 7.89. The zero-order valence-corrected chi connectivity index (χ0v) is 12.3. The number of benzene rings is 1. The van der Waals surface area contributed by atoms with Gasteiger partial charge in [-0.1, -0.05) is 13.8 Å². The van der Waals surface area contributed by atoms with E-state index < -0.39 is 39.2 Å². The predicted molar refractivity (Wildman–Crippen MR) is 74.8 cm³/mol. The van der Waals surface area contributed by atoms with Crippen LogP contribution in [-0.4, -0.2) is 25.4 Å². The lowest BCUT2D eigenvalue weighted by Gasteiger charge is -2.06. The molecule has 2 atom stereocenters. The molecule has 114 valence electrons. The third-order valence-corrected chi connectivity index (χ3v) is 4.76. The molecule has 0 unspecified atom stereocenters. The van der Waals surface area contributed by atoms with Gasteiger partial charge in [-0.15, -0.1) is 0 Å². The largest absolute Gasteiger partial charge is 0.481 e. The second-order valence-corrected chi connectivity index (χ2v) is 7.24. The van der Waals surface area contributed by atoms with E-state index in [0.717, 1.165) is 0 Å². The summed E-state index contributed by atoms with van der Waals surface area (Å²) in [4.78, 5) is 23.0. The fourth-order valence-electron chi connectivity index (χ4n) is 2.54. The maximum Gasteiger partial charge on any atom is 0.307 e. The van der Waals surface area contributed by atoms with Crippen LogP contribution < -0.4 is 10.5 Å². The van der Waals surface area contributed by atoms with Crippen LogP contribution in [-0.2, 0) is 19.6 Å². The van der Waals surface area contributed by atoms with E-state index in [0.29, 0.717) is 5.69 Å². The highest BCUT2D eigenvalue weighted by Gasteiger charge is 2.65. The molecule has 0 aromatic heterocycles. The summed E-state index contributed by atoms with van der Waals surface area (Å²) in [5.74, 6) is -2.70. The average molecular weight is 312 g/mol. The molecule has 0 heterocycles. The first kappa shape index (κ1) is 15.5. The quantitative estimate of drug-likeness (QED) is 0.751. The van der Waals surface area contributed by atoms with Crippen molar-refractivity contribution >= 4 is 27.6 Å². The molecule has 0 aliphatic heterocycles. The minimum absolute atomic E-state index is 0.0596. The van der Waals surface area contributed by atoms with Crippen molar-refractivity contribution in [1.29, 1.82) is 0 Å². The second kappa shape index (κ2) is 4.81. The number of hydrogen-bond acceptors (Lipinski definition) is 4. The summed E-state index contributed by atoms with van der Waals surface area (Å²) in [7, 11) is -3.78.